The molecule has 172 valence electrons. The zero-order chi connectivity index (χ0) is 23.4. The first-order valence-corrected chi connectivity index (χ1v) is 11.4. The Balaban J connectivity index is 1.36. The van der Waals surface area contributed by atoms with Crippen molar-refractivity contribution in [1.29, 1.82) is 0 Å². The number of nitrogens with one attached hydrogen (secondary N) is 1. The lowest BCUT2D eigenvalue weighted by Crippen LogP contribution is -2.58. The lowest BCUT2D eigenvalue weighted by atomic mass is 9.84. The van der Waals surface area contributed by atoms with Gasteiger partial charge in [-0.15, -0.1) is 10.2 Å². The Labute approximate surface area is 193 Å². The first-order chi connectivity index (χ1) is 15.6. The van der Waals surface area contributed by atoms with E-state index in [2.05, 4.69) is 46.4 Å². The molecule has 8 nitrogen and oxygen atoms in total. The van der Waals surface area contributed by atoms with Crippen molar-refractivity contribution in [2.45, 2.75) is 56.7 Å². The normalized spacial score (nSPS) is 26.4. The molecular formula is C25H30N6O2. The van der Waals surface area contributed by atoms with Gasteiger partial charge in [0.25, 0.3) is 5.56 Å². The molecule has 3 atom stereocenters. The van der Waals surface area contributed by atoms with Crippen molar-refractivity contribution in [2.75, 3.05) is 11.9 Å². The molecular weight excluding hydrogens is 416 g/mol. The van der Waals surface area contributed by atoms with Crippen molar-refractivity contribution in [2.24, 2.45) is 7.05 Å². The van der Waals surface area contributed by atoms with Crippen LogP contribution in [0.4, 0.5) is 5.82 Å². The number of fused-ring (bicyclic) bond motifs is 2. The molecule has 0 saturated carbocycles. The summed E-state index contributed by atoms with van der Waals surface area (Å²) >= 11 is 0. The summed E-state index contributed by atoms with van der Waals surface area (Å²) in [4.78, 5) is 14.1. The highest BCUT2D eigenvalue weighted by atomic mass is 16.3. The molecule has 3 aromatic rings. The molecule has 2 N–H and O–H groups in total. The average Bonchev–Trinajstić information content (AvgIpc) is 3.01. The Morgan fingerprint density at radius 1 is 1.06 bits per heavy atom. The number of aromatic nitrogens is 4. The molecule has 2 aliphatic heterocycles. The smallest absolute Gasteiger partial charge is 0.267 e. The van der Waals surface area contributed by atoms with Crippen molar-refractivity contribution in [3.05, 3.63) is 52.9 Å². The van der Waals surface area contributed by atoms with E-state index in [0.717, 1.165) is 18.7 Å². The number of rotatable bonds is 4. The average molecular weight is 447 g/mol. The molecule has 2 saturated heterocycles. The van der Waals surface area contributed by atoms with Crippen LogP contribution in [0.1, 0.15) is 39.5 Å². The van der Waals surface area contributed by atoms with Gasteiger partial charge in [0.2, 0.25) is 0 Å². The quantitative estimate of drug-likeness (QED) is 0.636. The zero-order valence-electron chi connectivity index (χ0n) is 19.5. The van der Waals surface area contributed by atoms with Crippen LogP contribution >= 0.6 is 0 Å². The predicted molar refractivity (Wildman–Crippen MR) is 128 cm³/mol. The van der Waals surface area contributed by atoms with Gasteiger partial charge in [0.05, 0.1) is 11.9 Å². The fourth-order valence-corrected chi connectivity index (χ4v) is 5.50. The summed E-state index contributed by atoms with van der Waals surface area (Å²) in [6.07, 6.45) is 6.20. The Bertz CT molecular complexity index is 1240. The third-order valence-electron chi connectivity index (χ3n) is 7.34. The summed E-state index contributed by atoms with van der Waals surface area (Å²) in [6.45, 7) is 4.64. The third-order valence-corrected chi connectivity index (χ3v) is 7.34. The summed E-state index contributed by atoms with van der Waals surface area (Å²) in [6, 6.07) is 11.0. The van der Waals surface area contributed by atoms with Crippen LogP contribution in [0.15, 0.2) is 47.4 Å². The number of anilines is 1. The van der Waals surface area contributed by atoms with Gasteiger partial charge in [-0.3, -0.25) is 4.79 Å². The van der Waals surface area contributed by atoms with E-state index in [9.17, 15) is 9.90 Å². The van der Waals surface area contributed by atoms with Crippen LogP contribution < -0.4 is 15.8 Å². The van der Waals surface area contributed by atoms with Crippen LogP contribution in [0.5, 0.6) is 5.75 Å². The maximum atomic E-state index is 11.9. The van der Waals surface area contributed by atoms with Crippen LogP contribution in [0.3, 0.4) is 0 Å². The first kappa shape index (κ1) is 21.6. The molecule has 0 spiro atoms. The molecule has 0 amide bonds. The van der Waals surface area contributed by atoms with Crippen LogP contribution in [0, 0.1) is 0 Å². The van der Waals surface area contributed by atoms with Gasteiger partial charge >= 0.3 is 0 Å². The van der Waals surface area contributed by atoms with Gasteiger partial charge < -0.3 is 15.3 Å². The van der Waals surface area contributed by atoms with E-state index in [1.54, 1.807) is 25.4 Å². The van der Waals surface area contributed by atoms with Gasteiger partial charge in [-0.05, 0) is 69.4 Å². The molecule has 5 rings (SSSR count). The van der Waals surface area contributed by atoms with Gasteiger partial charge in [-0.1, -0.05) is 6.07 Å². The molecule has 33 heavy (non-hydrogen) atoms. The van der Waals surface area contributed by atoms with E-state index in [-0.39, 0.29) is 22.4 Å². The molecule has 0 unspecified atom stereocenters. The summed E-state index contributed by atoms with van der Waals surface area (Å²) in [5, 5.41) is 27.4. The van der Waals surface area contributed by atoms with Crippen LogP contribution in [-0.2, 0) is 7.05 Å². The summed E-state index contributed by atoms with van der Waals surface area (Å²) < 4.78 is 1.27. The molecule has 2 aromatic heterocycles. The van der Waals surface area contributed by atoms with E-state index in [1.807, 2.05) is 18.2 Å². The maximum absolute atomic E-state index is 11.9. The maximum Gasteiger partial charge on any atom is 0.267 e. The number of hydrogen-bond donors (Lipinski definition) is 2. The Kier molecular flexibility index (Phi) is 5.01. The fourth-order valence-electron chi connectivity index (χ4n) is 5.50. The number of hydrogen-bond acceptors (Lipinski definition) is 7. The Morgan fingerprint density at radius 3 is 2.39 bits per heavy atom. The molecule has 2 bridgehead atoms. The minimum absolute atomic E-state index is 0.0827. The highest BCUT2D eigenvalue weighted by molar-refractivity contribution is 5.74. The summed E-state index contributed by atoms with van der Waals surface area (Å²) in [5.41, 5.74) is 2.73. The second-order valence-electron chi connectivity index (χ2n) is 10.1. The first-order valence-electron chi connectivity index (χ1n) is 11.4. The monoisotopic (exact) mass is 446 g/mol. The highest BCUT2D eigenvalue weighted by Crippen LogP contribution is 2.43. The molecule has 2 fully saturated rings. The largest absolute Gasteiger partial charge is 0.507 e. The number of aryl methyl sites for hydroxylation is 1. The summed E-state index contributed by atoms with van der Waals surface area (Å²) in [7, 11) is 3.69. The lowest BCUT2D eigenvalue weighted by Gasteiger charge is -2.45. The molecule has 1 aromatic carbocycles. The fraction of sp³-hybridized carbons (Fsp3) is 0.440. The van der Waals surface area contributed by atoms with Gasteiger partial charge in [-0.25, -0.2) is 4.68 Å². The van der Waals surface area contributed by atoms with Gasteiger partial charge in [0.15, 0.2) is 5.82 Å². The lowest BCUT2D eigenvalue weighted by molar-refractivity contribution is 0.207. The topological polar surface area (TPSA) is 96.2 Å². The molecule has 2 aliphatic rings. The second-order valence-corrected chi connectivity index (χ2v) is 10.1. The Hall–Kier alpha value is -3.26. The van der Waals surface area contributed by atoms with E-state index in [4.69, 9.17) is 0 Å². The van der Waals surface area contributed by atoms with Gasteiger partial charge in [0.1, 0.15) is 5.75 Å². The van der Waals surface area contributed by atoms with Crippen molar-refractivity contribution >= 4 is 5.82 Å². The van der Waals surface area contributed by atoms with E-state index in [1.165, 1.54) is 23.6 Å². The standard InChI is InChI=1S/C25H30N6O2/c1-24-9-10-25(2,29-24)14-18(13-24)30(3)22-8-7-20(27-28-22)19-6-5-16(11-21(19)32)17-12-23(33)31(4)26-15-17/h5-8,11-12,15,18,29,32H,9-10,13-14H2,1-4H3/t18-,24+,25-. The number of phenols is 1. The third kappa shape index (κ3) is 3.99. The van der Waals surface area contributed by atoms with E-state index < -0.39 is 0 Å². The molecule has 8 heteroatoms. The highest BCUT2D eigenvalue weighted by Gasteiger charge is 2.49. The number of piperidine rings is 1. The number of benzene rings is 1. The predicted octanol–water partition coefficient (Wildman–Crippen LogP) is 3.11. The molecule has 0 radical (unpaired) electrons. The molecule has 0 aliphatic carbocycles. The van der Waals surface area contributed by atoms with Gasteiger partial charge in [-0.2, -0.15) is 5.10 Å². The van der Waals surface area contributed by atoms with E-state index >= 15 is 0 Å². The summed E-state index contributed by atoms with van der Waals surface area (Å²) in [5.74, 6) is 0.916. The van der Waals surface area contributed by atoms with Gasteiger partial charge in [0, 0.05) is 48.4 Å². The SMILES string of the molecule is CN(c1ccc(-c2ccc(-c3cnn(C)c(=O)c3)cc2O)nn1)[C@@H]1C[C@]2(C)CC[C@](C)(C1)N2. The van der Waals surface area contributed by atoms with Crippen molar-refractivity contribution in [1.82, 2.24) is 25.3 Å². The minimum Gasteiger partial charge on any atom is -0.507 e. The van der Waals surface area contributed by atoms with Crippen molar-refractivity contribution in [3.63, 3.8) is 0 Å². The number of phenolic OH excluding ortho intramolecular Hbond substituents is 1. The second kappa shape index (κ2) is 7.66. The molecule has 4 heterocycles. The van der Waals surface area contributed by atoms with Crippen LogP contribution in [0.25, 0.3) is 22.4 Å². The zero-order valence-corrected chi connectivity index (χ0v) is 19.5. The van der Waals surface area contributed by atoms with Crippen molar-refractivity contribution < 1.29 is 5.11 Å². The minimum atomic E-state index is -0.202. The van der Waals surface area contributed by atoms with Crippen LogP contribution in [0.2, 0.25) is 0 Å². The number of aromatic hydroxyl groups is 1. The number of nitrogens with zero attached hydrogens (tertiary/aromatic N) is 5. The van der Waals surface area contributed by atoms with E-state index in [0.29, 0.717) is 28.4 Å². The van der Waals surface area contributed by atoms with Crippen LogP contribution in [-0.4, -0.2) is 49.3 Å². The van der Waals surface area contributed by atoms with Crippen molar-refractivity contribution in [3.8, 4) is 28.1 Å². The Morgan fingerprint density at radius 2 is 1.79 bits per heavy atom.